The highest BCUT2D eigenvalue weighted by Crippen LogP contribution is 2.14. The Hall–Kier alpha value is -2.21. The minimum atomic E-state index is 0.850. The van der Waals surface area contributed by atoms with Gasteiger partial charge in [-0.3, -0.25) is 4.68 Å². The number of pyridine rings is 1. The van der Waals surface area contributed by atoms with E-state index in [2.05, 4.69) is 31.7 Å². The van der Waals surface area contributed by atoms with Crippen LogP contribution in [0.15, 0.2) is 36.9 Å². The molecule has 3 rings (SSSR count). The third-order valence-corrected chi connectivity index (χ3v) is 3.06. The molecule has 0 bridgehead atoms. The van der Waals surface area contributed by atoms with Gasteiger partial charge < -0.3 is 10.3 Å². The highest BCUT2D eigenvalue weighted by atomic mass is 15.4. The molecule has 0 aromatic carbocycles. The van der Waals surface area contributed by atoms with Crippen molar-refractivity contribution < 1.29 is 0 Å². The summed E-state index contributed by atoms with van der Waals surface area (Å²) in [5.41, 5.74) is 2.20. The predicted octanol–water partition coefficient (Wildman–Crippen LogP) is 1.33. The second-order valence-corrected chi connectivity index (χ2v) is 4.41. The topological polar surface area (TPSA) is 71.4 Å². The molecule has 3 aromatic heterocycles. The number of hydrogen-bond acceptors (Lipinski definition) is 4. The molecule has 0 aliphatic rings. The number of nitrogens with one attached hydrogen (secondary N) is 2. The van der Waals surface area contributed by atoms with Crippen LogP contribution in [0, 0.1) is 0 Å². The highest BCUT2D eigenvalue weighted by molar-refractivity contribution is 5.79. The first-order valence-corrected chi connectivity index (χ1v) is 6.39. The van der Waals surface area contributed by atoms with Crippen molar-refractivity contribution >= 4 is 11.0 Å². The Bertz CT molecular complexity index is 627. The summed E-state index contributed by atoms with van der Waals surface area (Å²) in [6.07, 6.45) is 8.43. The molecular formula is C13H16N6. The largest absolute Gasteiger partial charge is 0.346 e. The maximum atomic E-state index is 4.28. The number of nitrogens with zero attached hydrogens (tertiary/aromatic N) is 4. The van der Waals surface area contributed by atoms with Crippen LogP contribution in [0.1, 0.15) is 12.0 Å². The van der Waals surface area contributed by atoms with E-state index in [1.165, 1.54) is 10.9 Å². The lowest BCUT2D eigenvalue weighted by atomic mass is 10.2. The van der Waals surface area contributed by atoms with Crippen molar-refractivity contribution in [2.75, 3.05) is 6.54 Å². The van der Waals surface area contributed by atoms with Crippen LogP contribution < -0.4 is 5.32 Å². The summed E-state index contributed by atoms with van der Waals surface area (Å²) in [7, 11) is 0. The van der Waals surface area contributed by atoms with Gasteiger partial charge in [0.2, 0.25) is 0 Å². The molecule has 6 heteroatoms. The lowest BCUT2D eigenvalue weighted by Crippen LogP contribution is -2.16. The van der Waals surface area contributed by atoms with Gasteiger partial charge in [0.15, 0.2) is 0 Å². The molecule has 0 unspecified atom stereocenters. The van der Waals surface area contributed by atoms with Gasteiger partial charge in [-0.15, -0.1) is 5.10 Å². The van der Waals surface area contributed by atoms with E-state index in [0.717, 1.165) is 31.7 Å². The van der Waals surface area contributed by atoms with Gasteiger partial charge in [-0.1, -0.05) is 5.21 Å². The first-order valence-electron chi connectivity index (χ1n) is 6.39. The number of aromatic amines is 1. The van der Waals surface area contributed by atoms with Crippen molar-refractivity contribution in [1.82, 2.24) is 30.3 Å². The number of hydrogen-bond donors (Lipinski definition) is 2. The molecule has 0 atom stereocenters. The van der Waals surface area contributed by atoms with Gasteiger partial charge in [0, 0.05) is 37.1 Å². The van der Waals surface area contributed by atoms with Gasteiger partial charge in [-0.25, -0.2) is 4.98 Å². The zero-order valence-corrected chi connectivity index (χ0v) is 10.6. The average Bonchev–Trinajstić information content (AvgIpc) is 3.08. The van der Waals surface area contributed by atoms with Gasteiger partial charge in [-0.2, -0.15) is 0 Å². The fourth-order valence-corrected chi connectivity index (χ4v) is 2.10. The van der Waals surface area contributed by atoms with E-state index in [0.29, 0.717) is 0 Å². The quantitative estimate of drug-likeness (QED) is 0.653. The molecule has 2 N–H and O–H groups in total. The van der Waals surface area contributed by atoms with Gasteiger partial charge in [-0.05, 0) is 30.7 Å². The molecule has 0 aliphatic heterocycles. The number of aryl methyl sites for hydroxylation is 1. The Labute approximate surface area is 110 Å². The second-order valence-electron chi connectivity index (χ2n) is 4.41. The van der Waals surface area contributed by atoms with E-state index in [-0.39, 0.29) is 0 Å². The summed E-state index contributed by atoms with van der Waals surface area (Å²) in [5.74, 6) is 0. The molecule has 6 nitrogen and oxygen atoms in total. The molecule has 3 aromatic rings. The van der Waals surface area contributed by atoms with E-state index in [4.69, 9.17) is 0 Å². The molecule has 0 spiro atoms. The van der Waals surface area contributed by atoms with Crippen molar-refractivity contribution in [2.24, 2.45) is 0 Å². The first kappa shape index (κ1) is 11.9. The fraction of sp³-hybridized carbons (Fsp3) is 0.308. The molecule has 0 amide bonds. The van der Waals surface area contributed by atoms with Gasteiger partial charge in [0.25, 0.3) is 0 Å². The Kier molecular flexibility index (Phi) is 3.51. The molecule has 3 heterocycles. The van der Waals surface area contributed by atoms with E-state index >= 15 is 0 Å². The van der Waals surface area contributed by atoms with E-state index < -0.39 is 0 Å². The molecular weight excluding hydrogens is 240 g/mol. The number of H-pyrrole nitrogens is 1. The van der Waals surface area contributed by atoms with Gasteiger partial charge >= 0.3 is 0 Å². The summed E-state index contributed by atoms with van der Waals surface area (Å²) in [5, 5.41) is 12.3. The fourth-order valence-electron chi connectivity index (χ4n) is 2.10. The number of rotatable bonds is 6. The Morgan fingerprint density at radius 2 is 2.32 bits per heavy atom. The van der Waals surface area contributed by atoms with E-state index in [9.17, 15) is 0 Å². The predicted molar refractivity (Wildman–Crippen MR) is 72.4 cm³/mol. The normalized spacial score (nSPS) is 11.2. The molecule has 19 heavy (non-hydrogen) atoms. The minimum absolute atomic E-state index is 0.850. The van der Waals surface area contributed by atoms with Crippen molar-refractivity contribution in [3.63, 3.8) is 0 Å². The van der Waals surface area contributed by atoms with Crippen LogP contribution >= 0.6 is 0 Å². The molecule has 0 fully saturated rings. The van der Waals surface area contributed by atoms with Crippen molar-refractivity contribution in [3.8, 4) is 0 Å². The van der Waals surface area contributed by atoms with Crippen LogP contribution in [0.25, 0.3) is 11.0 Å². The van der Waals surface area contributed by atoms with Crippen molar-refractivity contribution in [1.29, 1.82) is 0 Å². The van der Waals surface area contributed by atoms with E-state index in [1.807, 2.05) is 23.1 Å². The van der Waals surface area contributed by atoms with Crippen LogP contribution in [0.4, 0.5) is 0 Å². The maximum Gasteiger partial charge on any atom is 0.137 e. The smallest absolute Gasteiger partial charge is 0.137 e. The number of fused-ring (bicyclic) bond motifs is 1. The molecule has 0 saturated carbocycles. The SMILES string of the molecule is c1cnc2[nH]cc(CNCCCn3ccnn3)c2c1. The third-order valence-electron chi connectivity index (χ3n) is 3.06. The minimum Gasteiger partial charge on any atom is -0.346 e. The maximum absolute atomic E-state index is 4.28. The standard InChI is InChI=1S/C13H16N6/c1-3-12-11(10-16-13(12)15-5-1)9-14-4-2-7-19-8-6-17-18-19/h1,3,5-6,8,10,14H,2,4,7,9H2,(H,15,16). The summed E-state index contributed by atoms with van der Waals surface area (Å²) in [4.78, 5) is 7.46. The zero-order valence-electron chi connectivity index (χ0n) is 10.6. The van der Waals surface area contributed by atoms with Crippen LogP contribution in [0.5, 0.6) is 0 Å². The summed E-state index contributed by atoms with van der Waals surface area (Å²) in [6.45, 7) is 2.69. The lowest BCUT2D eigenvalue weighted by Gasteiger charge is -2.03. The van der Waals surface area contributed by atoms with Gasteiger partial charge in [0.1, 0.15) is 5.65 Å². The van der Waals surface area contributed by atoms with Crippen LogP contribution in [0.2, 0.25) is 0 Å². The molecule has 0 saturated heterocycles. The van der Waals surface area contributed by atoms with Gasteiger partial charge in [0.05, 0.1) is 6.20 Å². The Morgan fingerprint density at radius 3 is 3.21 bits per heavy atom. The third kappa shape index (κ3) is 2.79. The monoisotopic (exact) mass is 256 g/mol. The highest BCUT2D eigenvalue weighted by Gasteiger charge is 2.02. The first-order chi connectivity index (χ1) is 9.43. The van der Waals surface area contributed by atoms with E-state index in [1.54, 1.807) is 12.4 Å². The Morgan fingerprint density at radius 1 is 1.32 bits per heavy atom. The van der Waals surface area contributed by atoms with Crippen LogP contribution in [-0.2, 0) is 13.1 Å². The zero-order chi connectivity index (χ0) is 12.9. The molecule has 98 valence electrons. The lowest BCUT2D eigenvalue weighted by molar-refractivity contribution is 0.530. The van der Waals surface area contributed by atoms with Crippen molar-refractivity contribution in [2.45, 2.75) is 19.5 Å². The summed E-state index contributed by atoms with van der Waals surface area (Å²) in [6, 6.07) is 4.05. The Balaban J connectivity index is 1.47. The van der Waals surface area contributed by atoms with Crippen LogP contribution in [-0.4, -0.2) is 31.5 Å². The average molecular weight is 256 g/mol. The molecule has 0 radical (unpaired) electrons. The second kappa shape index (κ2) is 5.62. The number of aromatic nitrogens is 5. The van der Waals surface area contributed by atoms with Crippen molar-refractivity contribution in [3.05, 3.63) is 42.5 Å². The summed E-state index contributed by atoms with van der Waals surface area (Å²) >= 11 is 0. The van der Waals surface area contributed by atoms with Crippen LogP contribution in [0.3, 0.4) is 0 Å². The summed E-state index contributed by atoms with van der Waals surface area (Å²) < 4.78 is 1.84. The molecule has 0 aliphatic carbocycles.